The zero-order chi connectivity index (χ0) is 25.1. The van der Waals surface area contributed by atoms with Gasteiger partial charge in [0.1, 0.15) is 12.4 Å². The van der Waals surface area contributed by atoms with Gasteiger partial charge in [-0.25, -0.2) is 0 Å². The average Bonchev–Trinajstić information content (AvgIpc) is 3.52. The maximum atomic E-state index is 6.21. The lowest BCUT2D eigenvalue weighted by molar-refractivity contribution is 0.289. The van der Waals surface area contributed by atoms with Crippen LogP contribution in [0.1, 0.15) is 40.6 Å². The van der Waals surface area contributed by atoms with E-state index in [1.54, 1.807) is 0 Å². The number of thioether (sulfide) groups is 1. The van der Waals surface area contributed by atoms with Crippen molar-refractivity contribution in [2.24, 2.45) is 0 Å². The molecule has 0 saturated heterocycles. The van der Waals surface area contributed by atoms with E-state index in [-0.39, 0.29) is 5.25 Å². The highest BCUT2D eigenvalue weighted by molar-refractivity contribution is 7.99. The minimum absolute atomic E-state index is 0.130. The molecule has 8 heteroatoms. The zero-order valence-electron chi connectivity index (χ0n) is 20.7. The van der Waals surface area contributed by atoms with Crippen molar-refractivity contribution in [2.45, 2.75) is 44.7 Å². The van der Waals surface area contributed by atoms with Crippen molar-refractivity contribution < 1.29 is 9.15 Å². The summed E-state index contributed by atoms with van der Waals surface area (Å²) in [5.41, 5.74) is 5.18. The minimum atomic E-state index is -0.130. The maximum Gasteiger partial charge on any atom is 0.247 e. The van der Waals surface area contributed by atoms with E-state index < -0.39 is 0 Å². The third kappa shape index (κ3) is 5.04. The summed E-state index contributed by atoms with van der Waals surface area (Å²) < 4.78 is 14.2. The lowest BCUT2D eigenvalue weighted by Crippen LogP contribution is -2.08. The molecule has 0 spiro atoms. The number of para-hydroxylation sites is 2. The van der Waals surface area contributed by atoms with Crippen molar-refractivity contribution in [3.63, 3.8) is 0 Å². The van der Waals surface area contributed by atoms with Crippen molar-refractivity contribution in [3.05, 3.63) is 101 Å². The molecule has 36 heavy (non-hydrogen) atoms. The molecule has 0 bridgehead atoms. The highest BCUT2D eigenvalue weighted by Crippen LogP contribution is 2.36. The molecule has 0 aliphatic heterocycles. The second kappa shape index (κ2) is 10.4. The Morgan fingerprint density at radius 2 is 1.61 bits per heavy atom. The average molecular weight is 498 g/mol. The molecule has 0 saturated carbocycles. The Morgan fingerprint density at radius 1 is 0.861 bits per heavy atom. The zero-order valence-corrected chi connectivity index (χ0v) is 21.5. The van der Waals surface area contributed by atoms with Crippen molar-refractivity contribution in [1.29, 1.82) is 0 Å². The fourth-order valence-electron chi connectivity index (χ4n) is 3.97. The summed E-state index contributed by atoms with van der Waals surface area (Å²) in [6, 6.07) is 24.2. The Hall–Kier alpha value is -3.91. The van der Waals surface area contributed by atoms with E-state index in [0.29, 0.717) is 24.2 Å². The van der Waals surface area contributed by atoms with Gasteiger partial charge in [-0.05, 0) is 63.1 Å². The highest BCUT2D eigenvalue weighted by atomic mass is 32.2. The van der Waals surface area contributed by atoms with Crippen LogP contribution < -0.4 is 4.74 Å². The molecule has 5 rings (SSSR count). The first-order chi connectivity index (χ1) is 17.5. The van der Waals surface area contributed by atoms with Gasteiger partial charge in [0.15, 0.2) is 11.0 Å². The predicted molar refractivity (Wildman–Crippen MR) is 140 cm³/mol. The standard InChI is InChI=1S/C28H27N5O2S/c1-18-10-8-13-22(16-18)27-31-30-26(35-27)21(4)36-28-32-29-24(33(28)23-14-6-5-7-15-23)17-34-25-19(2)11-9-12-20(25)3/h5-16,21H,17H2,1-4H3. The number of hydrogen-bond acceptors (Lipinski definition) is 7. The van der Waals surface area contributed by atoms with Gasteiger partial charge in [-0.1, -0.05) is 65.9 Å². The summed E-state index contributed by atoms with van der Waals surface area (Å²) in [5.74, 6) is 2.63. The molecule has 2 heterocycles. The van der Waals surface area contributed by atoms with Gasteiger partial charge in [0.2, 0.25) is 11.8 Å². The smallest absolute Gasteiger partial charge is 0.247 e. The first-order valence-corrected chi connectivity index (χ1v) is 12.6. The quantitative estimate of drug-likeness (QED) is 0.221. The van der Waals surface area contributed by atoms with Crippen molar-refractivity contribution >= 4 is 11.8 Å². The Labute approximate surface area is 214 Å². The van der Waals surface area contributed by atoms with Crippen LogP contribution in [0.5, 0.6) is 5.75 Å². The third-order valence-electron chi connectivity index (χ3n) is 5.80. The Morgan fingerprint density at radius 3 is 2.36 bits per heavy atom. The number of benzene rings is 3. The summed E-state index contributed by atoms with van der Waals surface area (Å²) in [6.45, 7) is 8.44. The first kappa shape index (κ1) is 23.8. The molecule has 1 atom stereocenters. The van der Waals surface area contributed by atoms with E-state index in [9.17, 15) is 0 Å². The van der Waals surface area contributed by atoms with Crippen LogP contribution in [-0.2, 0) is 6.61 Å². The maximum absolute atomic E-state index is 6.21. The summed E-state index contributed by atoms with van der Waals surface area (Å²) >= 11 is 1.52. The third-order valence-corrected chi connectivity index (χ3v) is 6.83. The van der Waals surface area contributed by atoms with Gasteiger partial charge in [-0.3, -0.25) is 4.57 Å². The molecular weight excluding hydrogens is 470 g/mol. The largest absolute Gasteiger partial charge is 0.485 e. The van der Waals surface area contributed by atoms with Crippen molar-refractivity contribution in [3.8, 4) is 22.9 Å². The Kier molecular flexibility index (Phi) is 6.86. The molecule has 0 aliphatic carbocycles. The van der Waals surface area contributed by atoms with E-state index in [0.717, 1.165) is 38.8 Å². The Bertz CT molecular complexity index is 1460. The molecular formula is C28H27N5O2S. The van der Waals surface area contributed by atoms with Crippen LogP contribution in [-0.4, -0.2) is 25.0 Å². The Balaban J connectivity index is 1.41. The van der Waals surface area contributed by atoms with Crippen LogP contribution in [0.4, 0.5) is 0 Å². The van der Waals surface area contributed by atoms with Crippen LogP contribution in [0.2, 0.25) is 0 Å². The summed E-state index contributed by atoms with van der Waals surface area (Å²) in [4.78, 5) is 0. The second-order valence-electron chi connectivity index (χ2n) is 8.65. The van der Waals surface area contributed by atoms with Gasteiger partial charge in [-0.2, -0.15) is 0 Å². The molecule has 0 amide bonds. The molecule has 3 aromatic carbocycles. The summed E-state index contributed by atoms with van der Waals surface area (Å²) in [5, 5.41) is 18.1. The fraction of sp³-hybridized carbons (Fsp3) is 0.214. The number of nitrogens with zero attached hydrogens (tertiary/aromatic N) is 5. The number of aryl methyl sites for hydroxylation is 3. The van der Waals surface area contributed by atoms with Crippen LogP contribution in [0, 0.1) is 20.8 Å². The van der Waals surface area contributed by atoms with E-state index in [4.69, 9.17) is 9.15 Å². The minimum Gasteiger partial charge on any atom is -0.485 e. The number of hydrogen-bond donors (Lipinski definition) is 0. The fourth-order valence-corrected chi connectivity index (χ4v) is 4.89. The molecule has 2 aromatic heterocycles. The number of aromatic nitrogens is 5. The van der Waals surface area contributed by atoms with Gasteiger partial charge < -0.3 is 9.15 Å². The second-order valence-corrected chi connectivity index (χ2v) is 9.96. The van der Waals surface area contributed by atoms with Crippen molar-refractivity contribution in [1.82, 2.24) is 25.0 Å². The highest BCUT2D eigenvalue weighted by Gasteiger charge is 2.22. The van der Waals surface area contributed by atoms with Gasteiger partial charge in [0.25, 0.3) is 0 Å². The van der Waals surface area contributed by atoms with Crippen LogP contribution in [0.3, 0.4) is 0 Å². The van der Waals surface area contributed by atoms with Crippen LogP contribution >= 0.6 is 11.8 Å². The molecule has 0 aliphatic rings. The summed E-state index contributed by atoms with van der Waals surface area (Å²) in [7, 11) is 0. The lowest BCUT2D eigenvalue weighted by atomic mass is 10.1. The lowest BCUT2D eigenvalue weighted by Gasteiger charge is -2.14. The molecule has 1 unspecified atom stereocenters. The van der Waals surface area contributed by atoms with Gasteiger partial charge in [0.05, 0.1) is 5.25 Å². The van der Waals surface area contributed by atoms with E-state index >= 15 is 0 Å². The topological polar surface area (TPSA) is 78.9 Å². The number of ether oxygens (including phenoxy) is 1. The van der Waals surface area contributed by atoms with E-state index in [2.05, 4.69) is 20.4 Å². The van der Waals surface area contributed by atoms with Gasteiger partial charge >= 0.3 is 0 Å². The molecule has 0 fully saturated rings. The SMILES string of the molecule is Cc1cccc(-c2nnc(C(C)Sc3nnc(COc4c(C)cccc4C)n3-c3ccccc3)o2)c1. The molecule has 0 N–H and O–H groups in total. The van der Waals surface area contributed by atoms with Crippen LogP contribution in [0.15, 0.2) is 82.4 Å². The van der Waals surface area contributed by atoms with E-state index in [1.165, 1.54) is 11.8 Å². The molecule has 5 aromatic rings. The molecule has 182 valence electrons. The monoisotopic (exact) mass is 497 g/mol. The number of rotatable bonds is 8. The predicted octanol–water partition coefficient (Wildman–Crippen LogP) is 6.67. The molecule has 7 nitrogen and oxygen atoms in total. The normalized spacial score (nSPS) is 12.0. The molecule has 0 radical (unpaired) electrons. The van der Waals surface area contributed by atoms with Crippen molar-refractivity contribution in [2.75, 3.05) is 0 Å². The first-order valence-electron chi connectivity index (χ1n) is 11.8. The van der Waals surface area contributed by atoms with E-state index in [1.807, 2.05) is 105 Å². The van der Waals surface area contributed by atoms with Gasteiger partial charge in [-0.15, -0.1) is 20.4 Å². The summed E-state index contributed by atoms with van der Waals surface area (Å²) in [6.07, 6.45) is 0. The van der Waals surface area contributed by atoms with Crippen LogP contribution in [0.25, 0.3) is 17.1 Å². The van der Waals surface area contributed by atoms with Gasteiger partial charge in [0, 0.05) is 11.3 Å².